The van der Waals surface area contributed by atoms with Crippen molar-refractivity contribution in [2.45, 2.75) is 6.92 Å². The monoisotopic (exact) mass is 350 g/mol. The molecule has 0 heterocycles. The molecule has 0 aliphatic heterocycles. The molecular weight excluding hydrogens is 336 g/mol. The summed E-state index contributed by atoms with van der Waals surface area (Å²) >= 11 is 8.52. The fourth-order valence-corrected chi connectivity index (χ4v) is 2.36. The highest BCUT2D eigenvalue weighted by Crippen LogP contribution is 2.27. The second-order valence-corrected chi connectivity index (χ2v) is 5.50. The lowest BCUT2D eigenvalue weighted by atomic mass is 10.1. The van der Waals surface area contributed by atoms with Crippen LogP contribution in [0.2, 0.25) is 0 Å². The van der Waals surface area contributed by atoms with E-state index in [1.54, 1.807) is 0 Å². The number of benzene rings is 2. The Bertz CT molecular complexity index is 631. The standard InChI is InChI=1S/C15H15BrN2OS/c1-2-19-12-5-3-4-11(9-12)18-14-8-10(16)6-7-13(14)15(17)20/h3-9,18H,2H2,1H3,(H2,17,20). The zero-order valence-electron chi connectivity index (χ0n) is 11.0. The summed E-state index contributed by atoms with van der Waals surface area (Å²) in [7, 11) is 0. The largest absolute Gasteiger partial charge is 0.494 e. The van der Waals surface area contributed by atoms with Crippen molar-refractivity contribution in [2.75, 3.05) is 11.9 Å². The number of nitrogens with one attached hydrogen (secondary N) is 1. The molecule has 0 atom stereocenters. The fraction of sp³-hybridized carbons (Fsp3) is 0.133. The minimum atomic E-state index is 0.362. The topological polar surface area (TPSA) is 47.3 Å². The zero-order valence-corrected chi connectivity index (χ0v) is 13.4. The van der Waals surface area contributed by atoms with Gasteiger partial charge in [-0.05, 0) is 37.3 Å². The average molecular weight is 351 g/mol. The summed E-state index contributed by atoms with van der Waals surface area (Å²) in [5.74, 6) is 0.823. The van der Waals surface area contributed by atoms with Gasteiger partial charge in [-0.15, -0.1) is 0 Å². The smallest absolute Gasteiger partial charge is 0.121 e. The molecule has 0 unspecified atom stereocenters. The van der Waals surface area contributed by atoms with Gasteiger partial charge in [0.15, 0.2) is 0 Å². The van der Waals surface area contributed by atoms with Crippen molar-refractivity contribution in [3.63, 3.8) is 0 Å². The van der Waals surface area contributed by atoms with E-state index >= 15 is 0 Å². The van der Waals surface area contributed by atoms with Crippen LogP contribution in [-0.2, 0) is 0 Å². The minimum absolute atomic E-state index is 0.362. The van der Waals surface area contributed by atoms with Crippen LogP contribution in [0.5, 0.6) is 5.75 Å². The molecule has 3 N–H and O–H groups in total. The summed E-state index contributed by atoms with van der Waals surface area (Å²) < 4.78 is 6.45. The van der Waals surface area contributed by atoms with E-state index in [1.165, 1.54) is 0 Å². The van der Waals surface area contributed by atoms with E-state index in [0.717, 1.165) is 27.2 Å². The molecule has 0 saturated heterocycles. The lowest BCUT2D eigenvalue weighted by molar-refractivity contribution is 0.340. The lowest BCUT2D eigenvalue weighted by Gasteiger charge is -2.13. The first-order valence-electron chi connectivity index (χ1n) is 6.19. The van der Waals surface area contributed by atoms with E-state index < -0.39 is 0 Å². The highest BCUT2D eigenvalue weighted by atomic mass is 79.9. The second-order valence-electron chi connectivity index (χ2n) is 4.14. The number of anilines is 2. The van der Waals surface area contributed by atoms with E-state index in [1.807, 2.05) is 49.4 Å². The van der Waals surface area contributed by atoms with Crippen molar-refractivity contribution in [1.29, 1.82) is 0 Å². The third-order valence-electron chi connectivity index (χ3n) is 2.67. The summed E-state index contributed by atoms with van der Waals surface area (Å²) in [5, 5.41) is 3.32. The zero-order chi connectivity index (χ0) is 14.5. The SMILES string of the molecule is CCOc1cccc(Nc2cc(Br)ccc2C(N)=S)c1. The number of hydrogen-bond donors (Lipinski definition) is 2. The third kappa shape index (κ3) is 3.71. The van der Waals surface area contributed by atoms with Gasteiger partial charge in [-0.3, -0.25) is 0 Å². The van der Waals surface area contributed by atoms with Gasteiger partial charge in [0.05, 0.1) is 6.61 Å². The Hall–Kier alpha value is -1.59. The van der Waals surface area contributed by atoms with Gasteiger partial charge in [-0.25, -0.2) is 0 Å². The Kier molecular flexibility index (Phi) is 4.98. The fourth-order valence-electron chi connectivity index (χ4n) is 1.82. The van der Waals surface area contributed by atoms with Gasteiger partial charge >= 0.3 is 0 Å². The van der Waals surface area contributed by atoms with Crippen molar-refractivity contribution in [2.24, 2.45) is 5.73 Å². The van der Waals surface area contributed by atoms with Crippen LogP contribution in [0.3, 0.4) is 0 Å². The highest BCUT2D eigenvalue weighted by molar-refractivity contribution is 9.10. The van der Waals surface area contributed by atoms with Crippen LogP contribution < -0.4 is 15.8 Å². The molecule has 104 valence electrons. The van der Waals surface area contributed by atoms with Gasteiger partial charge in [0.1, 0.15) is 10.7 Å². The molecule has 5 heteroatoms. The predicted molar refractivity (Wildman–Crippen MR) is 90.9 cm³/mol. The van der Waals surface area contributed by atoms with Crippen LogP contribution in [0.4, 0.5) is 11.4 Å². The molecule has 0 fully saturated rings. The minimum Gasteiger partial charge on any atom is -0.494 e. The van der Waals surface area contributed by atoms with Gasteiger partial charge in [-0.1, -0.05) is 34.2 Å². The summed E-state index contributed by atoms with van der Waals surface area (Å²) in [6.07, 6.45) is 0. The average Bonchev–Trinajstić information content (AvgIpc) is 2.39. The van der Waals surface area contributed by atoms with Crippen molar-refractivity contribution < 1.29 is 4.74 Å². The lowest BCUT2D eigenvalue weighted by Crippen LogP contribution is -2.11. The van der Waals surface area contributed by atoms with Gasteiger partial charge < -0.3 is 15.8 Å². The molecular formula is C15H15BrN2OS. The van der Waals surface area contributed by atoms with Crippen LogP contribution in [0, 0.1) is 0 Å². The van der Waals surface area contributed by atoms with E-state index in [0.29, 0.717) is 11.6 Å². The molecule has 2 aromatic carbocycles. The van der Waals surface area contributed by atoms with Crippen molar-refractivity contribution in [3.8, 4) is 5.75 Å². The second kappa shape index (κ2) is 6.72. The molecule has 0 aliphatic rings. The van der Waals surface area contributed by atoms with Crippen LogP contribution in [-0.4, -0.2) is 11.6 Å². The molecule has 2 rings (SSSR count). The molecule has 0 amide bonds. The van der Waals surface area contributed by atoms with E-state index in [-0.39, 0.29) is 0 Å². The summed E-state index contributed by atoms with van der Waals surface area (Å²) in [5.41, 5.74) is 8.34. The Morgan fingerprint density at radius 3 is 2.80 bits per heavy atom. The number of thiocarbonyl (C=S) groups is 1. The Morgan fingerprint density at radius 1 is 1.30 bits per heavy atom. The van der Waals surface area contributed by atoms with Crippen LogP contribution >= 0.6 is 28.1 Å². The number of rotatable bonds is 5. The summed E-state index contributed by atoms with van der Waals surface area (Å²) in [6.45, 7) is 2.60. The quantitative estimate of drug-likeness (QED) is 0.792. The molecule has 0 radical (unpaired) electrons. The number of hydrogen-bond acceptors (Lipinski definition) is 3. The van der Waals surface area contributed by atoms with Crippen molar-refractivity contribution in [3.05, 3.63) is 52.5 Å². The maximum atomic E-state index is 5.75. The molecule has 20 heavy (non-hydrogen) atoms. The molecule has 2 aromatic rings. The third-order valence-corrected chi connectivity index (χ3v) is 3.38. The van der Waals surface area contributed by atoms with E-state index in [2.05, 4.69) is 21.2 Å². The maximum Gasteiger partial charge on any atom is 0.121 e. The van der Waals surface area contributed by atoms with E-state index in [4.69, 9.17) is 22.7 Å². The van der Waals surface area contributed by atoms with Crippen LogP contribution in [0.15, 0.2) is 46.9 Å². The summed E-state index contributed by atoms with van der Waals surface area (Å²) in [4.78, 5) is 0.362. The highest BCUT2D eigenvalue weighted by Gasteiger charge is 2.07. The van der Waals surface area contributed by atoms with Crippen molar-refractivity contribution in [1.82, 2.24) is 0 Å². The maximum absolute atomic E-state index is 5.75. The van der Waals surface area contributed by atoms with Crippen LogP contribution in [0.25, 0.3) is 0 Å². The van der Waals surface area contributed by atoms with Gasteiger partial charge in [0, 0.05) is 27.5 Å². The molecule has 0 aliphatic carbocycles. The van der Waals surface area contributed by atoms with Gasteiger partial charge in [0.25, 0.3) is 0 Å². The van der Waals surface area contributed by atoms with E-state index in [9.17, 15) is 0 Å². The van der Waals surface area contributed by atoms with Gasteiger partial charge in [-0.2, -0.15) is 0 Å². The Balaban J connectivity index is 2.31. The number of nitrogens with two attached hydrogens (primary N) is 1. The Labute approximate surface area is 132 Å². The van der Waals surface area contributed by atoms with Gasteiger partial charge in [0.2, 0.25) is 0 Å². The normalized spacial score (nSPS) is 10.1. The first-order chi connectivity index (χ1) is 9.60. The Morgan fingerprint density at radius 2 is 2.10 bits per heavy atom. The number of halogens is 1. The van der Waals surface area contributed by atoms with Crippen LogP contribution in [0.1, 0.15) is 12.5 Å². The molecule has 0 aromatic heterocycles. The molecule has 0 bridgehead atoms. The summed E-state index contributed by atoms with van der Waals surface area (Å²) in [6, 6.07) is 13.5. The predicted octanol–water partition coefficient (Wildman–Crippen LogP) is 4.23. The van der Waals surface area contributed by atoms with Crippen molar-refractivity contribution >= 4 is 44.5 Å². The first kappa shape index (κ1) is 14.8. The first-order valence-corrected chi connectivity index (χ1v) is 7.39. The number of ether oxygens (including phenoxy) is 1. The molecule has 0 spiro atoms. The molecule has 0 saturated carbocycles. The molecule has 3 nitrogen and oxygen atoms in total.